The Morgan fingerprint density at radius 3 is 2.59 bits per heavy atom. The van der Waals surface area contributed by atoms with Gasteiger partial charge in [-0.2, -0.15) is 4.98 Å². The van der Waals surface area contributed by atoms with Crippen LogP contribution in [0.1, 0.15) is 13.8 Å². The Kier molecular flexibility index (Phi) is 3.78. The molecule has 22 heavy (non-hydrogen) atoms. The number of anilines is 2. The van der Waals surface area contributed by atoms with Gasteiger partial charge >= 0.3 is 0 Å². The molecule has 5 nitrogen and oxygen atoms in total. The normalized spacial score (nSPS) is 10.9. The maximum Gasteiger partial charge on any atom is 0.248 e. The number of nitrogens with two attached hydrogens (primary N) is 1. The summed E-state index contributed by atoms with van der Waals surface area (Å²) >= 11 is 0. The van der Waals surface area contributed by atoms with Crippen molar-refractivity contribution in [3.8, 4) is 11.6 Å². The third kappa shape index (κ3) is 2.93. The molecule has 1 heterocycles. The number of hydrogen-bond donors (Lipinski definition) is 2. The van der Waals surface area contributed by atoms with Crippen molar-refractivity contribution in [1.29, 1.82) is 0 Å². The number of rotatable bonds is 4. The molecule has 0 spiro atoms. The molecule has 3 rings (SSSR count). The van der Waals surface area contributed by atoms with Gasteiger partial charge in [0, 0.05) is 6.04 Å². The molecule has 0 saturated carbocycles. The van der Waals surface area contributed by atoms with Crippen molar-refractivity contribution in [2.24, 2.45) is 0 Å². The summed E-state index contributed by atoms with van der Waals surface area (Å²) in [4.78, 5) is 8.27. The van der Waals surface area contributed by atoms with Gasteiger partial charge in [-0.15, -0.1) is 0 Å². The second kappa shape index (κ2) is 5.89. The average Bonchev–Trinajstić information content (AvgIpc) is 2.51. The highest BCUT2D eigenvalue weighted by Gasteiger charge is 2.11. The van der Waals surface area contributed by atoms with Crippen molar-refractivity contribution in [2.45, 2.75) is 19.9 Å². The quantitative estimate of drug-likeness (QED) is 0.765. The van der Waals surface area contributed by atoms with Gasteiger partial charge in [-0.3, -0.25) is 0 Å². The maximum atomic E-state index is 6.08. The van der Waals surface area contributed by atoms with E-state index in [0.29, 0.717) is 23.1 Å². The molecule has 2 aromatic carbocycles. The molecule has 112 valence electrons. The number of nitrogens with zero attached hydrogens (tertiary/aromatic N) is 2. The lowest BCUT2D eigenvalue weighted by molar-refractivity contribution is 0.465. The van der Waals surface area contributed by atoms with Crippen molar-refractivity contribution >= 4 is 22.3 Å². The molecule has 0 bridgehead atoms. The van der Waals surface area contributed by atoms with Crippen LogP contribution in [0.25, 0.3) is 10.8 Å². The second-order valence-corrected chi connectivity index (χ2v) is 5.35. The number of nitrogen functional groups attached to an aromatic ring is 1. The predicted molar refractivity (Wildman–Crippen MR) is 89.2 cm³/mol. The summed E-state index contributed by atoms with van der Waals surface area (Å²) in [5.74, 6) is 1.63. The Balaban J connectivity index is 1.91. The Morgan fingerprint density at radius 2 is 1.82 bits per heavy atom. The van der Waals surface area contributed by atoms with Gasteiger partial charge in [0.2, 0.25) is 5.88 Å². The van der Waals surface area contributed by atoms with Crippen molar-refractivity contribution in [2.75, 3.05) is 11.1 Å². The van der Waals surface area contributed by atoms with Gasteiger partial charge in [0.05, 0.1) is 0 Å². The minimum Gasteiger partial charge on any atom is -0.437 e. The summed E-state index contributed by atoms with van der Waals surface area (Å²) in [6, 6.07) is 14.2. The molecule has 0 aliphatic heterocycles. The van der Waals surface area contributed by atoms with E-state index in [1.807, 2.05) is 50.2 Å². The van der Waals surface area contributed by atoms with E-state index in [1.54, 1.807) is 0 Å². The first-order chi connectivity index (χ1) is 10.6. The van der Waals surface area contributed by atoms with Crippen LogP contribution in [0.4, 0.5) is 11.5 Å². The molecule has 0 aliphatic rings. The zero-order chi connectivity index (χ0) is 15.5. The minimum atomic E-state index is 0.228. The lowest BCUT2D eigenvalue weighted by atomic mass is 10.1. The zero-order valence-corrected chi connectivity index (χ0v) is 12.6. The average molecular weight is 294 g/mol. The summed E-state index contributed by atoms with van der Waals surface area (Å²) in [5, 5.41) is 5.44. The van der Waals surface area contributed by atoms with E-state index in [9.17, 15) is 0 Å². The van der Waals surface area contributed by atoms with Crippen LogP contribution in [0, 0.1) is 0 Å². The molecule has 3 N–H and O–H groups in total. The highest BCUT2D eigenvalue weighted by atomic mass is 16.5. The van der Waals surface area contributed by atoms with Gasteiger partial charge in [0.15, 0.2) is 5.82 Å². The summed E-state index contributed by atoms with van der Waals surface area (Å²) in [5.41, 5.74) is 6.49. The standard InChI is InChI=1S/C17H18N4O/c1-11(2)21-16-15(18)17(20-10-19-16)22-14-8-7-12-5-3-4-6-13(12)9-14/h3-11H,18H2,1-2H3,(H,19,20,21). The number of aromatic nitrogens is 2. The molecule has 0 fully saturated rings. The first kappa shape index (κ1) is 14.1. The van der Waals surface area contributed by atoms with Gasteiger partial charge in [0.25, 0.3) is 0 Å². The number of ether oxygens (including phenoxy) is 1. The Hall–Kier alpha value is -2.82. The molecule has 0 unspecified atom stereocenters. The monoisotopic (exact) mass is 294 g/mol. The van der Waals surface area contributed by atoms with E-state index in [0.717, 1.165) is 10.8 Å². The van der Waals surface area contributed by atoms with Crippen LogP contribution in [0.3, 0.4) is 0 Å². The van der Waals surface area contributed by atoms with Gasteiger partial charge in [-0.1, -0.05) is 30.3 Å². The van der Waals surface area contributed by atoms with E-state index in [2.05, 4.69) is 21.4 Å². The Labute approximate surface area is 129 Å². The van der Waals surface area contributed by atoms with E-state index in [-0.39, 0.29) is 6.04 Å². The van der Waals surface area contributed by atoms with Crippen molar-refractivity contribution in [3.05, 3.63) is 48.8 Å². The van der Waals surface area contributed by atoms with E-state index >= 15 is 0 Å². The third-order valence-electron chi connectivity index (χ3n) is 3.21. The summed E-state index contributed by atoms with van der Waals surface area (Å²) in [6.45, 7) is 4.04. The molecular formula is C17H18N4O. The summed E-state index contributed by atoms with van der Waals surface area (Å²) < 4.78 is 5.82. The highest BCUT2D eigenvalue weighted by Crippen LogP contribution is 2.30. The van der Waals surface area contributed by atoms with Crippen molar-refractivity contribution < 1.29 is 4.74 Å². The lowest BCUT2D eigenvalue weighted by Gasteiger charge is -2.13. The SMILES string of the molecule is CC(C)Nc1ncnc(Oc2ccc3ccccc3c2)c1N. The van der Waals surface area contributed by atoms with Crippen LogP contribution >= 0.6 is 0 Å². The molecule has 1 aromatic heterocycles. The lowest BCUT2D eigenvalue weighted by Crippen LogP contribution is -2.13. The molecule has 3 aromatic rings. The fourth-order valence-electron chi connectivity index (χ4n) is 2.19. The third-order valence-corrected chi connectivity index (χ3v) is 3.21. The predicted octanol–water partition coefficient (Wildman–Crippen LogP) is 3.82. The van der Waals surface area contributed by atoms with Crippen LogP contribution in [0.15, 0.2) is 48.8 Å². The number of fused-ring (bicyclic) bond motifs is 1. The molecule has 0 saturated heterocycles. The zero-order valence-electron chi connectivity index (χ0n) is 12.6. The van der Waals surface area contributed by atoms with E-state index in [1.165, 1.54) is 6.33 Å². The molecule has 0 amide bonds. The highest BCUT2D eigenvalue weighted by molar-refractivity contribution is 5.83. The minimum absolute atomic E-state index is 0.228. The van der Waals surface area contributed by atoms with E-state index in [4.69, 9.17) is 10.5 Å². The van der Waals surface area contributed by atoms with E-state index < -0.39 is 0 Å². The van der Waals surface area contributed by atoms with Crippen LogP contribution < -0.4 is 15.8 Å². The van der Waals surface area contributed by atoms with Crippen LogP contribution in [-0.2, 0) is 0 Å². The fraction of sp³-hybridized carbons (Fsp3) is 0.176. The van der Waals surface area contributed by atoms with Gasteiger partial charge in [-0.25, -0.2) is 4.98 Å². The second-order valence-electron chi connectivity index (χ2n) is 5.35. The van der Waals surface area contributed by atoms with Crippen LogP contribution in [-0.4, -0.2) is 16.0 Å². The number of nitrogens with one attached hydrogen (secondary N) is 1. The molecule has 0 radical (unpaired) electrons. The van der Waals surface area contributed by atoms with Crippen LogP contribution in [0.5, 0.6) is 11.6 Å². The number of hydrogen-bond acceptors (Lipinski definition) is 5. The summed E-state index contributed by atoms with van der Waals surface area (Å²) in [6.07, 6.45) is 1.44. The molecular weight excluding hydrogens is 276 g/mol. The Bertz CT molecular complexity index is 802. The largest absolute Gasteiger partial charge is 0.437 e. The van der Waals surface area contributed by atoms with Crippen molar-refractivity contribution in [3.63, 3.8) is 0 Å². The van der Waals surface area contributed by atoms with Gasteiger partial charge in [0.1, 0.15) is 17.8 Å². The molecule has 0 atom stereocenters. The van der Waals surface area contributed by atoms with Crippen molar-refractivity contribution in [1.82, 2.24) is 9.97 Å². The Morgan fingerprint density at radius 1 is 1.05 bits per heavy atom. The first-order valence-electron chi connectivity index (χ1n) is 7.17. The number of benzene rings is 2. The maximum absolute atomic E-state index is 6.08. The molecule has 5 heteroatoms. The summed E-state index contributed by atoms with van der Waals surface area (Å²) in [7, 11) is 0. The smallest absolute Gasteiger partial charge is 0.248 e. The van der Waals surface area contributed by atoms with Gasteiger partial charge in [-0.05, 0) is 36.8 Å². The molecule has 0 aliphatic carbocycles. The fourth-order valence-corrected chi connectivity index (χ4v) is 2.19. The van der Waals surface area contributed by atoms with Gasteiger partial charge < -0.3 is 15.8 Å². The first-order valence-corrected chi connectivity index (χ1v) is 7.17. The van der Waals surface area contributed by atoms with Crippen LogP contribution in [0.2, 0.25) is 0 Å². The topological polar surface area (TPSA) is 73.1 Å².